The first-order chi connectivity index (χ1) is 24.7. The third-order valence-electron chi connectivity index (χ3n) is 9.43. The molecule has 2 aromatic carbocycles. The molecular formula is C42H66O8S. The van der Waals surface area contributed by atoms with Gasteiger partial charge in [0.15, 0.2) is 0 Å². The first-order valence-corrected chi connectivity index (χ1v) is 21.5. The second-order valence-electron chi connectivity index (χ2n) is 13.9. The Bertz CT molecular complexity index is 1270. The van der Waals surface area contributed by atoms with Crippen molar-refractivity contribution in [1.82, 2.24) is 0 Å². The van der Waals surface area contributed by atoms with E-state index in [4.69, 9.17) is 9.47 Å². The fraction of sp³-hybridized carbons (Fsp3) is 0.667. The SMILES string of the molecule is CCCCCCCCCCCCCCOC(=O)c1ccc(O)c(S(=O)(=O)c2cc(C(=O)OCCCCCCCCCCCCCC)ccc2O)c1. The van der Waals surface area contributed by atoms with Crippen LogP contribution in [-0.4, -0.2) is 43.8 Å². The second kappa shape index (κ2) is 26.7. The Balaban J connectivity index is 1.78. The fourth-order valence-corrected chi connectivity index (χ4v) is 7.70. The van der Waals surface area contributed by atoms with E-state index in [2.05, 4.69) is 13.8 Å². The number of phenols is 2. The van der Waals surface area contributed by atoms with Crippen LogP contribution in [0.1, 0.15) is 189 Å². The number of hydrogen-bond donors (Lipinski definition) is 2. The van der Waals surface area contributed by atoms with Crippen LogP contribution in [0.15, 0.2) is 46.2 Å². The van der Waals surface area contributed by atoms with E-state index in [1.807, 2.05) is 0 Å². The van der Waals surface area contributed by atoms with Gasteiger partial charge in [0.05, 0.1) is 24.3 Å². The molecule has 0 amide bonds. The Hall–Kier alpha value is -3.07. The molecule has 288 valence electrons. The molecule has 0 aromatic heterocycles. The summed E-state index contributed by atoms with van der Waals surface area (Å²) in [6.45, 7) is 4.88. The van der Waals surface area contributed by atoms with Gasteiger partial charge in [0.2, 0.25) is 9.84 Å². The van der Waals surface area contributed by atoms with Crippen LogP contribution in [-0.2, 0) is 19.3 Å². The fourth-order valence-electron chi connectivity index (χ4n) is 6.21. The summed E-state index contributed by atoms with van der Waals surface area (Å²) >= 11 is 0. The molecule has 0 aliphatic rings. The molecular weight excluding hydrogens is 665 g/mol. The quantitative estimate of drug-likeness (QED) is 0.0600. The van der Waals surface area contributed by atoms with E-state index >= 15 is 0 Å². The molecule has 0 aliphatic carbocycles. The number of hydrogen-bond acceptors (Lipinski definition) is 8. The van der Waals surface area contributed by atoms with Gasteiger partial charge in [0.25, 0.3) is 0 Å². The molecule has 2 N–H and O–H groups in total. The summed E-state index contributed by atoms with van der Waals surface area (Å²) in [5.41, 5.74) is -0.0782. The monoisotopic (exact) mass is 730 g/mol. The molecule has 0 saturated heterocycles. The van der Waals surface area contributed by atoms with Gasteiger partial charge in [0, 0.05) is 0 Å². The van der Waals surface area contributed by atoms with Gasteiger partial charge in [0.1, 0.15) is 21.3 Å². The Labute approximate surface area is 308 Å². The molecule has 0 saturated carbocycles. The van der Waals surface area contributed by atoms with Gasteiger partial charge >= 0.3 is 11.9 Å². The Morgan fingerprint density at radius 2 is 0.745 bits per heavy atom. The van der Waals surface area contributed by atoms with Crippen LogP contribution in [0.3, 0.4) is 0 Å². The topological polar surface area (TPSA) is 127 Å². The molecule has 2 rings (SSSR count). The van der Waals surface area contributed by atoms with Crippen molar-refractivity contribution in [2.24, 2.45) is 0 Å². The maximum absolute atomic E-state index is 13.6. The first-order valence-electron chi connectivity index (χ1n) is 20.0. The number of sulfone groups is 1. The molecule has 51 heavy (non-hydrogen) atoms. The van der Waals surface area contributed by atoms with Gasteiger partial charge in [-0.3, -0.25) is 0 Å². The lowest BCUT2D eigenvalue weighted by molar-refractivity contribution is 0.0488. The summed E-state index contributed by atoms with van der Waals surface area (Å²) in [5.74, 6) is -2.58. The highest BCUT2D eigenvalue weighted by atomic mass is 32.2. The van der Waals surface area contributed by atoms with Crippen LogP contribution in [0.25, 0.3) is 0 Å². The van der Waals surface area contributed by atoms with Crippen LogP contribution in [0.5, 0.6) is 11.5 Å². The van der Waals surface area contributed by atoms with Gasteiger partial charge in [-0.15, -0.1) is 0 Å². The molecule has 0 unspecified atom stereocenters. The lowest BCUT2D eigenvalue weighted by atomic mass is 10.1. The van der Waals surface area contributed by atoms with Gasteiger partial charge in [-0.25, -0.2) is 18.0 Å². The molecule has 0 bridgehead atoms. The van der Waals surface area contributed by atoms with Crippen LogP contribution in [0.2, 0.25) is 0 Å². The number of esters is 2. The molecule has 0 radical (unpaired) electrons. The summed E-state index contributed by atoms with van der Waals surface area (Å²) in [7, 11) is -4.52. The number of aromatic hydroxyl groups is 2. The molecule has 0 aliphatic heterocycles. The van der Waals surface area contributed by atoms with Gasteiger partial charge in [-0.2, -0.15) is 0 Å². The molecule has 0 fully saturated rings. The normalized spacial score (nSPS) is 11.5. The zero-order chi connectivity index (χ0) is 37.2. The number of unbranched alkanes of at least 4 members (excludes halogenated alkanes) is 22. The molecule has 9 heteroatoms. The molecule has 0 atom stereocenters. The van der Waals surface area contributed by atoms with Crippen molar-refractivity contribution >= 4 is 21.8 Å². The predicted octanol–water partition coefficient (Wildman–Crippen LogP) is 11.6. The van der Waals surface area contributed by atoms with E-state index in [0.29, 0.717) is 12.8 Å². The highest BCUT2D eigenvalue weighted by Crippen LogP contribution is 2.35. The van der Waals surface area contributed by atoms with E-state index in [1.54, 1.807) is 0 Å². The summed E-state index contributed by atoms with van der Waals surface area (Å²) < 4.78 is 37.9. The predicted molar refractivity (Wildman–Crippen MR) is 204 cm³/mol. The van der Waals surface area contributed by atoms with Crippen LogP contribution in [0, 0.1) is 0 Å². The lowest BCUT2D eigenvalue weighted by Gasteiger charge is -2.12. The van der Waals surface area contributed by atoms with Crippen LogP contribution in [0.4, 0.5) is 0 Å². The summed E-state index contributed by atoms with van der Waals surface area (Å²) in [4.78, 5) is 24.3. The van der Waals surface area contributed by atoms with Crippen LogP contribution < -0.4 is 0 Å². The Morgan fingerprint density at radius 1 is 0.471 bits per heavy atom. The average molecular weight is 731 g/mol. The van der Waals surface area contributed by atoms with E-state index < -0.39 is 43.1 Å². The maximum Gasteiger partial charge on any atom is 0.338 e. The zero-order valence-corrected chi connectivity index (χ0v) is 32.4. The molecule has 8 nitrogen and oxygen atoms in total. The minimum absolute atomic E-state index is 0.0391. The van der Waals surface area contributed by atoms with Crippen molar-refractivity contribution < 1.29 is 37.7 Å². The number of benzene rings is 2. The van der Waals surface area contributed by atoms with Crippen molar-refractivity contribution in [3.05, 3.63) is 47.5 Å². The highest BCUT2D eigenvalue weighted by Gasteiger charge is 2.28. The summed E-state index contributed by atoms with van der Waals surface area (Å²) in [6.07, 6.45) is 28.5. The van der Waals surface area contributed by atoms with E-state index in [9.17, 15) is 28.2 Å². The Morgan fingerprint density at radius 3 is 1.04 bits per heavy atom. The van der Waals surface area contributed by atoms with E-state index in [1.165, 1.54) is 115 Å². The van der Waals surface area contributed by atoms with Crippen molar-refractivity contribution in [3.63, 3.8) is 0 Å². The van der Waals surface area contributed by atoms with E-state index in [0.717, 1.165) is 62.8 Å². The standard InChI is InChI=1S/C42H66O8S/c1-3-5-7-9-11-13-15-17-19-21-23-25-31-49-41(45)35-27-29-37(43)39(33-35)51(47,48)40-34-36(28-30-38(40)44)42(46)50-32-26-24-22-20-18-16-14-12-10-8-6-4-2/h27-30,33-34,43-44H,3-26,31-32H2,1-2H3. The largest absolute Gasteiger partial charge is 0.507 e. The molecule has 2 aromatic rings. The van der Waals surface area contributed by atoms with Crippen LogP contribution >= 0.6 is 0 Å². The van der Waals surface area contributed by atoms with Crippen molar-refractivity contribution in [3.8, 4) is 11.5 Å². The van der Waals surface area contributed by atoms with Gasteiger partial charge in [-0.05, 0) is 49.2 Å². The van der Waals surface area contributed by atoms with Crippen molar-refractivity contribution in [1.29, 1.82) is 0 Å². The smallest absolute Gasteiger partial charge is 0.338 e. The number of ether oxygens (including phenoxy) is 2. The lowest BCUT2D eigenvalue weighted by Crippen LogP contribution is -2.11. The van der Waals surface area contributed by atoms with Gasteiger partial charge in [-0.1, -0.05) is 155 Å². The van der Waals surface area contributed by atoms with Gasteiger partial charge < -0.3 is 19.7 Å². The van der Waals surface area contributed by atoms with Crippen molar-refractivity contribution in [2.75, 3.05) is 13.2 Å². The third kappa shape index (κ3) is 17.8. The second-order valence-corrected chi connectivity index (χ2v) is 15.8. The minimum Gasteiger partial charge on any atom is -0.507 e. The van der Waals surface area contributed by atoms with E-state index in [-0.39, 0.29) is 24.3 Å². The first kappa shape index (κ1) is 44.1. The Kier molecular flexibility index (Phi) is 23.1. The molecule has 0 spiro atoms. The molecule has 0 heterocycles. The number of rotatable bonds is 30. The average Bonchev–Trinajstić information content (AvgIpc) is 3.12. The minimum atomic E-state index is -4.52. The maximum atomic E-state index is 13.6. The summed E-state index contributed by atoms with van der Waals surface area (Å²) in [6, 6.07) is 6.87. The number of phenolic OH excluding ortho intramolecular Hbond substituents is 2. The zero-order valence-electron chi connectivity index (χ0n) is 31.6. The number of carbonyl (C=O) groups is 2. The summed E-state index contributed by atoms with van der Waals surface area (Å²) in [5, 5.41) is 20.9. The third-order valence-corrected chi connectivity index (χ3v) is 11.2. The highest BCUT2D eigenvalue weighted by molar-refractivity contribution is 7.91. The van der Waals surface area contributed by atoms with Crippen molar-refractivity contribution in [2.45, 2.75) is 178 Å². The number of carbonyl (C=O) groups excluding carboxylic acids is 2.